The number of imidazole rings is 1. The molecule has 0 bridgehead atoms. The van der Waals surface area contributed by atoms with Gasteiger partial charge >= 0.3 is 0 Å². The van der Waals surface area contributed by atoms with E-state index in [1.54, 1.807) is 26.4 Å². The zero-order chi connectivity index (χ0) is 22.3. The number of nitrogens with one attached hydrogen (secondary N) is 1. The Morgan fingerprint density at radius 3 is 2.41 bits per heavy atom. The lowest BCUT2D eigenvalue weighted by molar-refractivity contribution is 0.0946. The summed E-state index contributed by atoms with van der Waals surface area (Å²) in [6.07, 6.45) is 0. The molecule has 7 heteroatoms. The van der Waals surface area contributed by atoms with Gasteiger partial charge in [0, 0.05) is 0 Å². The van der Waals surface area contributed by atoms with Crippen molar-refractivity contribution in [1.82, 2.24) is 14.9 Å². The molecule has 1 N–H and O–H groups in total. The summed E-state index contributed by atoms with van der Waals surface area (Å²) in [5.74, 6) is 2.63. The van der Waals surface area contributed by atoms with Crippen molar-refractivity contribution < 1.29 is 19.0 Å². The zero-order valence-corrected chi connectivity index (χ0v) is 18.1. The predicted octanol–water partition coefficient (Wildman–Crippen LogP) is 4.06. The highest BCUT2D eigenvalue weighted by Crippen LogP contribution is 2.20. The maximum absolute atomic E-state index is 12.7. The van der Waals surface area contributed by atoms with Crippen LogP contribution in [-0.2, 0) is 13.1 Å². The van der Waals surface area contributed by atoms with Crippen LogP contribution < -0.4 is 19.5 Å². The molecule has 32 heavy (non-hydrogen) atoms. The van der Waals surface area contributed by atoms with E-state index in [0.717, 1.165) is 28.4 Å². The third kappa shape index (κ3) is 4.67. The number of nitrogens with zero attached hydrogens (tertiary/aromatic N) is 2. The molecule has 1 amide bonds. The van der Waals surface area contributed by atoms with E-state index in [1.807, 2.05) is 60.7 Å². The van der Waals surface area contributed by atoms with Crippen LogP contribution in [0.2, 0.25) is 0 Å². The normalized spacial score (nSPS) is 10.7. The standard InChI is InChI=1S/C25H25N3O4/c1-30-18-11-13-19(14-12-18)32-16-15-28-22-9-5-4-8-21(22)27-24(28)17-26-25(29)20-7-3-6-10-23(20)31-2/h3-14H,15-17H2,1-2H3,(H,26,29). The minimum absolute atomic E-state index is 0.212. The number of fused-ring (bicyclic) bond motifs is 1. The van der Waals surface area contributed by atoms with E-state index < -0.39 is 0 Å². The molecular weight excluding hydrogens is 406 g/mol. The molecule has 0 fully saturated rings. The first kappa shape index (κ1) is 21.2. The predicted molar refractivity (Wildman–Crippen MR) is 122 cm³/mol. The minimum Gasteiger partial charge on any atom is -0.497 e. The molecule has 1 heterocycles. The Morgan fingerprint density at radius 2 is 1.62 bits per heavy atom. The number of hydrogen-bond donors (Lipinski definition) is 1. The van der Waals surface area contributed by atoms with Crippen LogP contribution in [0.3, 0.4) is 0 Å². The van der Waals surface area contributed by atoms with Gasteiger partial charge in [-0.1, -0.05) is 24.3 Å². The Kier molecular flexibility index (Phi) is 6.55. The molecule has 0 aliphatic rings. The van der Waals surface area contributed by atoms with Crippen molar-refractivity contribution in [3.05, 3.63) is 84.2 Å². The third-order valence-corrected chi connectivity index (χ3v) is 5.14. The van der Waals surface area contributed by atoms with Gasteiger partial charge in [-0.25, -0.2) is 4.98 Å². The Balaban J connectivity index is 1.47. The van der Waals surface area contributed by atoms with E-state index in [-0.39, 0.29) is 12.5 Å². The summed E-state index contributed by atoms with van der Waals surface area (Å²) >= 11 is 0. The number of para-hydroxylation sites is 3. The highest BCUT2D eigenvalue weighted by molar-refractivity contribution is 5.96. The van der Waals surface area contributed by atoms with Crippen LogP contribution in [0.1, 0.15) is 16.2 Å². The zero-order valence-electron chi connectivity index (χ0n) is 18.1. The lowest BCUT2D eigenvalue weighted by atomic mass is 10.2. The third-order valence-electron chi connectivity index (χ3n) is 5.14. The Hall–Kier alpha value is -4.00. The molecule has 7 nitrogen and oxygen atoms in total. The van der Waals surface area contributed by atoms with Gasteiger partial charge in [0.05, 0.1) is 43.9 Å². The lowest BCUT2D eigenvalue weighted by Gasteiger charge is -2.12. The van der Waals surface area contributed by atoms with Gasteiger partial charge in [-0.05, 0) is 48.5 Å². The molecule has 164 valence electrons. The average Bonchev–Trinajstić information content (AvgIpc) is 3.20. The first-order chi connectivity index (χ1) is 15.7. The fourth-order valence-corrected chi connectivity index (χ4v) is 3.52. The van der Waals surface area contributed by atoms with Crippen molar-refractivity contribution in [3.63, 3.8) is 0 Å². The first-order valence-corrected chi connectivity index (χ1v) is 10.3. The van der Waals surface area contributed by atoms with Gasteiger partial charge in [0.1, 0.15) is 29.7 Å². The van der Waals surface area contributed by atoms with Crippen molar-refractivity contribution in [1.29, 1.82) is 0 Å². The van der Waals surface area contributed by atoms with Crippen molar-refractivity contribution in [2.45, 2.75) is 13.1 Å². The molecule has 0 aliphatic carbocycles. The molecule has 0 atom stereocenters. The van der Waals surface area contributed by atoms with Gasteiger partial charge in [0.15, 0.2) is 0 Å². The number of hydrogen-bond acceptors (Lipinski definition) is 5. The fourth-order valence-electron chi connectivity index (χ4n) is 3.52. The van der Waals surface area contributed by atoms with Crippen molar-refractivity contribution in [3.8, 4) is 17.2 Å². The maximum atomic E-state index is 12.7. The number of aromatic nitrogens is 2. The second-order valence-electron chi connectivity index (χ2n) is 7.08. The number of carbonyl (C=O) groups excluding carboxylic acids is 1. The minimum atomic E-state index is -0.212. The summed E-state index contributed by atoms with van der Waals surface area (Å²) in [6, 6.07) is 22.5. The topological polar surface area (TPSA) is 74.6 Å². The van der Waals surface area contributed by atoms with E-state index in [0.29, 0.717) is 24.5 Å². The maximum Gasteiger partial charge on any atom is 0.255 e. The van der Waals surface area contributed by atoms with E-state index >= 15 is 0 Å². The van der Waals surface area contributed by atoms with E-state index in [2.05, 4.69) is 9.88 Å². The Bertz CT molecular complexity index is 1200. The SMILES string of the molecule is COc1ccc(OCCn2c(CNC(=O)c3ccccc3OC)nc3ccccc32)cc1. The molecule has 0 saturated carbocycles. The van der Waals surface area contributed by atoms with Gasteiger partial charge < -0.3 is 24.1 Å². The Labute approximate surface area is 186 Å². The van der Waals surface area contributed by atoms with Gasteiger partial charge in [-0.15, -0.1) is 0 Å². The van der Waals surface area contributed by atoms with Gasteiger partial charge in [0.25, 0.3) is 5.91 Å². The number of methoxy groups -OCH3 is 2. The van der Waals surface area contributed by atoms with E-state index in [9.17, 15) is 4.79 Å². The molecule has 4 rings (SSSR count). The summed E-state index contributed by atoms with van der Waals surface area (Å²) in [7, 11) is 3.18. The first-order valence-electron chi connectivity index (χ1n) is 10.3. The van der Waals surface area contributed by atoms with Gasteiger partial charge in [0.2, 0.25) is 0 Å². The van der Waals surface area contributed by atoms with Crippen LogP contribution in [-0.4, -0.2) is 36.3 Å². The Morgan fingerprint density at radius 1 is 0.906 bits per heavy atom. The molecule has 1 aromatic heterocycles. The number of amides is 1. The van der Waals surface area contributed by atoms with Crippen molar-refractivity contribution in [2.24, 2.45) is 0 Å². The second kappa shape index (κ2) is 9.87. The molecular formula is C25H25N3O4. The van der Waals surface area contributed by atoms with Crippen LogP contribution in [0, 0.1) is 0 Å². The molecule has 0 aliphatic heterocycles. The highest BCUT2D eigenvalue weighted by Gasteiger charge is 2.15. The number of rotatable bonds is 9. The van der Waals surface area contributed by atoms with Gasteiger partial charge in [-0.3, -0.25) is 4.79 Å². The number of carbonyl (C=O) groups is 1. The molecule has 0 unspecified atom stereocenters. The molecule has 0 spiro atoms. The van der Waals surface area contributed by atoms with Crippen molar-refractivity contribution in [2.75, 3.05) is 20.8 Å². The average molecular weight is 431 g/mol. The van der Waals surface area contributed by atoms with Crippen LogP contribution in [0.25, 0.3) is 11.0 Å². The van der Waals surface area contributed by atoms with E-state index in [4.69, 9.17) is 19.2 Å². The van der Waals surface area contributed by atoms with Gasteiger partial charge in [-0.2, -0.15) is 0 Å². The summed E-state index contributed by atoms with van der Waals surface area (Å²) in [5, 5.41) is 2.96. The van der Waals surface area contributed by atoms with Crippen LogP contribution in [0.4, 0.5) is 0 Å². The summed E-state index contributed by atoms with van der Waals surface area (Å²) < 4.78 is 18.4. The fraction of sp³-hybridized carbons (Fsp3) is 0.200. The monoisotopic (exact) mass is 431 g/mol. The lowest BCUT2D eigenvalue weighted by Crippen LogP contribution is -2.25. The number of ether oxygens (including phenoxy) is 3. The van der Waals surface area contributed by atoms with Crippen LogP contribution >= 0.6 is 0 Å². The molecule has 3 aromatic carbocycles. The summed E-state index contributed by atoms with van der Waals surface area (Å²) in [6.45, 7) is 1.33. The second-order valence-corrected chi connectivity index (χ2v) is 7.08. The number of benzene rings is 3. The molecule has 0 radical (unpaired) electrons. The van der Waals surface area contributed by atoms with Crippen LogP contribution in [0.5, 0.6) is 17.2 Å². The molecule has 4 aromatic rings. The summed E-state index contributed by atoms with van der Waals surface area (Å²) in [4.78, 5) is 17.4. The highest BCUT2D eigenvalue weighted by atomic mass is 16.5. The summed E-state index contributed by atoms with van der Waals surface area (Å²) in [5.41, 5.74) is 2.35. The smallest absolute Gasteiger partial charge is 0.255 e. The van der Waals surface area contributed by atoms with Crippen LogP contribution in [0.15, 0.2) is 72.8 Å². The molecule has 0 saturated heterocycles. The van der Waals surface area contributed by atoms with Crippen molar-refractivity contribution >= 4 is 16.9 Å². The van der Waals surface area contributed by atoms with E-state index in [1.165, 1.54) is 0 Å². The quantitative estimate of drug-likeness (QED) is 0.433. The largest absolute Gasteiger partial charge is 0.497 e.